The molecule has 202 valence electrons. The van der Waals surface area contributed by atoms with E-state index in [1.54, 1.807) is 19.1 Å². The van der Waals surface area contributed by atoms with Crippen molar-refractivity contribution in [2.45, 2.75) is 46.2 Å². The summed E-state index contributed by atoms with van der Waals surface area (Å²) in [6.45, 7) is 4.74. The lowest BCUT2D eigenvalue weighted by Crippen LogP contribution is -2.51. The number of hydrogen-bond donors (Lipinski definition) is 1. The number of rotatable bonds is 12. The second kappa shape index (κ2) is 13.1. The highest BCUT2D eigenvalue weighted by Crippen LogP contribution is 2.28. The molecule has 0 bridgehead atoms. The molecule has 2 aromatic carbocycles. The average Bonchev–Trinajstić information content (AvgIpc) is 2.81. The lowest BCUT2D eigenvalue weighted by atomic mass is 10.1. The molecule has 13 heteroatoms. The quantitative estimate of drug-likeness (QED) is 0.229. The molecule has 0 saturated heterocycles. The summed E-state index contributed by atoms with van der Waals surface area (Å²) in [6, 6.07) is 7.50. The number of nitro benzene ring substituents is 1. The van der Waals surface area contributed by atoms with Crippen LogP contribution in [-0.4, -0.2) is 55.4 Å². The van der Waals surface area contributed by atoms with Crippen molar-refractivity contribution >= 4 is 56.4 Å². The SMILES string of the molecule is CCCCNC(=O)C(C)N(Cc1ccc(Cl)cc1Cl)C(=O)CN(c1cc([N+](=O)[O-])ccc1C)S(C)(=O)=O. The maximum Gasteiger partial charge on any atom is 0.271 e. The lowest BCUT2D eigenvalue weighted by molar-refractivity contribution is -0.384. The standard InChI is InChI=1S/C24H30Cl2N4O6S/c1-5-6-11-27-24(32)17(3)28(14-18-8-9-19(25)12-21(18)26)23(31)15-29(37(4,35)36)22-13-20(30(33)34)10-7-16(22)2/h7-10,12-13,17H,5-6,11,14-15H2,1-4H3,(H,27,32). The highest BCUT2D eigenvalue weighted by Gasteiger charge is 2.31. The Hall–Kier alpha value is -2.89. The summed E-state index contributed by atoms with van der Waals surface area (Å²) in [4.78, 5) is 38.3. The monoisotopic (exact) mass is 572 g/mol. The Bertz CT molecular complexity index is 1270. The van der Waals surface area contributed by atoms with Crippen LogP contribution in [0.1, 0.15) is 37.8 Å². The fraction of sp³-hybridized carbons (Fsp3) is 0.417. The predicted molar refractivity (Wildman–Crippen MR) is 144 cm³/mol. The number of aryl methyl sites for hydroxylation is 1. The first-order valence-electron chi connectivity index (χ1n) is 11.5. The number of unbranched alkanes of at least 4 members (excludes halogenated alkanes) is 1. The summed E-state index contributed by atoms with van der Waals surface area (Å²) < 4.78 is 26.2. The second-order valence-electron chi connectivity index (χ2n) is 8.58. The lowest BCUT2D eigenvalue weighted by Gasteiger charge is -2.32. The number of amides is 2. The Morgan fingerprint density at radius 2 is 1.84 bits per heavy atom. The van der Waals surface area contributed by atoms with Gasteiger partial charge >= 0.3 is 0 Å². The van der Waals surface area contributed by atoms with Gasteiger partial charge in [-0.1, -0.05) is 48.7 Å². The van der Waals surface area contributed by atoms with Crippen LogP contribution >= 0.6 is 23.2 Å². The third-order valence-corrected chi connectivity index (χ3v) is 7.42. The second-order valence-corrected chi connectivity index (χ2v) is 11.3. The van der Waals surface area contributed by atoms with Crippen LogP contribution in [0.4, 0.5) is 11.4 Å². The average molecular weight is 573 g/mol. The van der Waals surface area contributed by atoms with Gasteiger partial charge in [-0.05, 0) is 43.5 Å². The van der Waals surface area contributed by atoms with Crippen LogP contribution in [0.3, 0.4) is 0 Å². The zero-order valence-electron chi connectivity index (χ0n) is 21.0. The number of nitrogens with one attached hydrogen (secondary N) is 1. The van der Waals surface area contributed by atoms with Crippen molar-refractivity contribution in [2.75, 3.05) is 23.7 Å². The van der Waals surface area contributed by atoms with Gasteiger partial charge in [0.05, 0.1) is 16.9 Å². The van der Waals surface area contributed by atoms with Gasteiger partial charge in [-0.15, -0.1) is 0 Å². The summed E-state index contributed by atoms with van der Waals surface area (Å²) in [5.74, 6) is -1.11. The summed E-state index contributed by atoms with van der Waals surface area (Å²) in [5.41, 5.74) is 0.594. The molecular weight excluding hydrogens is 543 g/mol. The molecule has 0 fully saturated rings. The van der Waals surface area contributed by atoms with Crippen LogP contribution in [0.2, 0.25) is 10.0 Å². The van der Waals surface area contributed by atoms with E-state index >= 15 is 0 Å². The number of nitro groups is 1. The molecule has 0 spiro atoms. The smallest absolute Gasteiger partial charge is 0.271 e. The van der Waals surface area contributed by atoms with Crippen molar-refractivity contribution in [3.05, 3.63) is 67.7 Å². The molecular formula is C24H30Cl2N4O6S. The minimum absolute atomic E-state index is 0.00502. The van der Waals surface area contributed by atoms with Gasteiger partial charge in [0.15, 0.2) is 0 Å². The number of sulfonamides is 1. The van der Waals surface area contributed by atoms with E-state index in [4.69, 9.17) is 23.2 Å². The van der Waals surface area contributed by atoms with Crippen molar-refractivity contribution in [3.63, 3.8) is 0 Å². The minimum atomic E-state index is -4.04. The number of benzene rings is 2. The van der Waals surface area contributed by atoms with Crippen LogP contribution in [-0.2, 0) is 26.2 Å². The molecule has 2 rings (SSSR count). The number of hydrogen-bond acceptors (Lipinski definition) is 6. The number of anilines is 1. The van der Waals surface area contributed by atoms with E-state index in [0.717, 1.165) is 29.5 Å². The fourth-order valence-electron chi connectivity index (χ4n) is 3.53. The number of non-ortho nitro benzene ring substituents is 1. The van der Waals surface area contributed by atoms with Gasteiger partial charge in [0.2, 0.25) is 21.8 Å². The Balaban J connectivity index is 2.48. The van der Waals surface area contributed by atoms with Crippen LogP contribution in [0.5, 0.6) is 0 Å². The van der Waals surface area contributed by atoms with E-state index in [1.165, 1.54) is 30.0 Å². The van der Waals surface area contributed by atoms with Gasteiger partial charge in [-0.3, -0.25) is 24.0 Å². The summed E-state index contributed by atoms with van der Waals surface area (Å²) in [5, 5.41) is 14.7. The van der Waals surface area contributed by atoms with Crippen molar-refractivity contribution in [1.29, 1.82) is 0 Å². The summed E-state index contributed by atoms with van der Waals surface area (Å²) in [7, 11) is -4.04. The van der Waals surface area contributed by atoms with Gasteiger partial charge in [0.1, 0.15) is 12.6 Å². The molecule has 1 N–H and O–H groups in total. The topological polar surface area (TPSA) is 130 Å². The van der Waals surface area contributed by atoms with Gasteiger partial charge < -0.3 is 10.2 Å². The van der Waals surface area contributed by atoms with Gasteiger partial charge in [0.25, 0.3) is 5.69 Å². The van der Waals surface area contributed by atoms with Crippen molar-refractivity contribution in [2.24, 2.45) is 0 Å². The molecule has 0 aromatic heterocycles. The summed E-state index contributed by atoms with van der Waals surface area (Å²) in [6.07, 6.45) is 2.52. The number of halogens is 2. The van der Waals surface area contributed by atoms with E-state index in [2.05, 4.69) is 5.32 Å². The Morgan fingerprint density at radius 1 is 1.16 bits per heavy atom. The number of nitrogens with zero attached hydrogens (tertiary/aromatic N) is 3. The largest absolute Gasteiger partial charge is 0.354 e. The molecule has 1 atom stereocenters. The molecule has 0 saturated carbocycles. The van der Waals surface area contributed by atoms with Crippen molar-refractivity contribution < 1.29 is 22.9 Å². The predicted octanol–water partition coefficient (Wildman–Crippen LogP) is 4.31. The highest BCUT2D eigenvalue weighted by molar-refractivity contribution is 7.92. The maximum atomic E-state index is 13.6. The normalized spacial score (nSPS) is 12.1. The van der Waals surface area contributed by atoms with Crippen LogP contribution in [0, 0.1) is 17.0 Å². The highest BCUT2D eigenvalue weighted by atomic mass is 35.5. The molecule has 37 heavy (non-hydrogen) atoms. The third kappa shape index (κ3) is 8.31. The van der Waals surface area contributed by atoms with E-state index < -0.39 is 39.3 Å². The van der Waals surface area contributed by atoms with Crippen LogP contribution in [0.25, 0.3) is 0 Å². The zero-order valence-corrected chi connectivity index (χ0v) is 23.4. The number of carbonyl (C=O) groups is 2. The van der Waals surface area contributed by atoms with Gasteiger partial charge in [0, 0.05) is 35.3 Å². The molecule has 0 aliphatic rings. The maximum absolute atomic E-state index is 13.6. The minimum Gasteiger partial charge on any atom is -0.354 e. The van der Waals surface area contributed by atoms with Gasteiger partial charge in [-0.25, -0.2) is 8.42 Å². The number of carbonyl (C=O) groups excluding carboxylic acids is 2. The van der Waals surface area contributed by atoms with E-state index in [-0.39, 0.29) is 22.9 Å². The van der Waals surface area contributed by atoms with Crippen LogP contribution < -0.4 is 9.62 Å². The van der Waals surface area contributed by atoms with Crippen molar-refractivity contribution in [3.8, 4) is 0 Å². The Kier molecular flexibility index (Phi) is 10.7. The Labute approximate surface area is 226 Å². The Morgan fingerprint density at radius 3 is 2.41 bits per heavy atom. The van der Waals surface area contributed by atoms with E-state index in [9.17, 15) is 28.1 Å². The third-order valence-electron chi connectivity index (χ3n) is 5.70. The van der Waals surface area contributed by atoms with E-state index in [1.807, 2.05) is 6.92 Å². The van der Waals surface area contributed by atoms with Crippen LogP contribution in [0.15, 0.2) is 36.4 Å². The molecule has 1 unspecified atom stereocenters. The zero-order chi connectivity index (χ0) is 27.9. The summed E-state index contributed by atoms with van der Waals surface area (Å²) >= 11 is 12.3. The molecule has 2 amide bonds. The molecule has 0 heterocycles. The van der Waals surface area contributed by atoms with E-state index in [0.29, 0.717) is 22.7 Å². The molecule has 0 radical (unpaired) electrons. The molecule has 2 aromatic rings. The van der Waals surface area contributed by atoms with Crippen molar-refractivity contribution in [1.82, 2.24) is 10.2 Å². The molecule has 0 aliphatic carbocycles. The molecule has 0 aliphatic heterocycles. The first-order valence-corrected chi connectivity index (χ1v) is 14.1. The first-order chi connectivity index (χ1) is 17.3. The molecule has 10 nitrogen and oxygen atoms in total. The fourth-order valence-corrected chi connectivity index (χ4v) is 4.89. The first kappa shape index (κ1) is 30.3. The van der Waals surface area contributed by atoms with Gasteiger partial charge in [-0.2, -0.15) is 0 Å².